The van der Waals surface area contributed by atoms with Crippen LogP contribution in [0.5, 0.6) is 0 Å². The first-order valence-corrected chi connectivity index (χ1v) is 2.91. The molecule has 0 aromatic heterocycles. The van der Waals surface area contributed by atoms with Crippen LogP contribution in [0.25, 0.3) is 0 Å². The summed E-state index contributed by atoms with van der Waals surface area (Å²) in [7, 11) is -5.17. The summed E-state index contributed by atoms with van der Waals surface area (Å²) < 4.78 is 34.1. The van der Waals surface area contributed by atoms with E-state index in [2.05, 4.69) is 0 Å². The van der Waals surface area contributed by atoms with Gasteiger partial charge in [-0.05, 0) is 6.92 Å². The number of rotatable bonds is 0. The Balaban J connectivity index is -0.0000000910. The van der Waals surface area contributed by atoms with Crippen molar-refractivity contribution in [1.29, 1.82) is 0 Å². The summed E-state index contributed by atoms with van der Waals surface area (Å²) in [6.45, 7) is 0.972. The van der Waals surface area contributed by atoms with Crippen LogP contribution in [0.4, 0.5) is 0 Å². The molecule has 0 saturated carbocycles. The molecule has 0 fully saturated rings. The van der Waals surface area contributed by atoms with Gasteiger partial charge in [0.25, 0.3) is 0 Å². The molecule has 0 heterocycles. The Kier molecular flexibility index (Phi) is 12.2. The maximum atomic E-state index is 8.89. The largest absolute Gasteiger partial charge is 3.00 e. The molecule has 0 radical (unpaired) electrons. The second kappa shape index (κ2) is 7.32. The van der Waals surface area contributed by atoms with E-state index < -0.39 is 16.4 Å². The van der Waals surface area contributed by atoms with E-state index in [1.165, 1.54) is 0 Å². The molecule has 0 aromatic rings. The topological polar surface area (TPSA) is 120 Å². The van der Waals surface area contributed by atoms with Crippen LogP contribution in [-0.4, -0.2) is 49.3 Å². The summed E-state index contributed by atoms with van der Waals surface area (Å²) in [6.07, 6.45) is 0. The zero-order valence-electron chi connectivity index (χ0n) is 4.94. The van der Waals surface area contributed by atoms with Crippen molar-refractivity contribution in [3.05, 3.63) is 0 Å². The molecule has 0 spiro atoms. The van der Waals surface area contributed by atoms with Gasteiger partial charge in [-0.3, -0.25) is 8.42 Å². The molecule has 0 rings (SSSR count). The maximum absolute atomic E-state index is 8.89. The van der Waals surface area contributed by atoms with Gasteiger partial charge in [0.05, 0.1) is 0 Å². The molecule has 6 nitrogen and oxygen atoms in total. The van der Waals surface area contributed by atoms with Gasteiger partial charge in [0.2, 0.25) is 0 Å². The predicted octanol–water partition coefficient (Wildman–Crippen LogP) is -2.96. The first-order valence-electron chi connectivity index (χ1n) is 1.57. The molecule has 10 heavy (non-hydrogen) atoms. The summed E-state index contributed by atoms with van der Waals surface area (Å²) in [5.74, 6) is -1.08. The standard InChI is InChI=1S/C2H4O2.In.H2O4S/c1-2(3)4;;1-5(2,3)4/h1H3,(H,3,4);;(H2,1,2,3,4)/q;+3;/p-3. The third-order valence-corrected chi connectivity index (χ3v) is 0. The van der Waals surface area contributed by atoms with E-state index in [9.17, 15) is 0 Å². The van der Waals surface area contributed by atoms with Gasteiger partial charge >= 0.3 is 25.8 Å². The van der Waals surface area contributed by atoms with Gasteiger partial charge in [-0.2, -0.15) is 0 Å². The van der Waals surface area contributed by atoms with Gasteiger partial charge in [-0.15, -0.1) is 0 Å². The van der Waals surface area contributed by atoms with Gasteiger partial charge in [-0.1, -0.05) is 0 Å². The van der Waals surface area contributed by atoms with Gasteiger partial charge < -0.3 is 19.0 Å². The van der Waals surface area contributed by atoms with E-state index in [0.29, 0.717) is 0 Å². The second-order valence-electron chi connectivity index (χ2n) is 0.900. The molecule has 0 atom stereocenters. The Bertz CT molecular complexity index is 158. The van der Waals surface area contributed by atoms with Crippen molar-refractivity contribution in [2.75, 3.05) is 0 Å². The third-order valence-electron chi connectivity index (χ3n) is 0. The van der Waals surface area contributed by atoms with E-state index >= 15 is 0 Å². The number of carbonyl (C=O) groups excluding carboxylic acids is 1. The molecule has 0 aliphatic heterocycles. The predicted molar refractivity (Wildman–Crippen MR) is 26.9 cm³/mol. The fourth-order valence-corrected chi connectivity index (χ4v) is 0. The minimum absolute atomic E-state index is 0. The Labute approximate surface area is 76.6 Å². The third kappa shape index (κ3) is 9670. The van der Waals surface area contributed by atoms with E-state index in [-0.39, 0.29) is 25.8 Å². The first kappa shape index (κ1) is 16.7. The molecule has 8 heteroatoms. The monoisotopic (exact) mass is 270 g/mol. The van der Waals surface area contributed by atoms with Crippen LogP contribution in [-0.2, 0) is 15.2 Å². The number of hydrogen-bond acceptors (Lipinski definition) is 6. The van der Waals surface area contributed by atoms with Crippen molar-refractivity contribution in [3.63, 3.8) is 0 Å². The summed E-state index contributed by atoms with van der Waals surface area (Å²) in [4.78, 5) is 8.89. The van der Waals surface area contributed by atoms with Crippen molar-refractivity contribution < 1.29 is 27.4 Å². The van der Waals surface area contributed by atoms with Crippen molar-refractivity contribution in [2.24, 2.45) is 0 Å². The van der Waals surface area contributed by atoms with Crippen LogP contribution in [0.1, 0.15) is 6.92 Å². The van der Waals surface area contributed by atoms with Crippen molar-refractivity contribution in [2.45, 2.75) is 6.92 Å². The summed E-state index contributed by atoms with van der Waals surface area (Å²) >= 11 is 0. The minimum atomic E-state index is -5.17. The molecule has 56 valence electrons. The van der Waals surface area contributed by atoms with Crippen molar-refractivity contribution in [1.82, 2.24) is 0 Å². The van der Waals surface area contributed by atoms with Crippen LogP contribution in [0.3, 0.4) is 0 Å². The first-order chi connectivity index (χ1) is 3.73. The van der Waals surface area contributed by atoms with Gasteiger partial charge in [0.15, 0.2) is 0 Å². The molecular formula is C2H3InO6S. The van der Waals surface area contributed by atoms with Crippen LogP contribution in [0.15, 0.2) is 0 Å². The van der Waals surface area contributed by atoms with Crippen LogP contribution >= 0.6 is 0 Å². The molecule has 0 aliphatic rings. The fraction of sp³-hybridized carbons (Fsp3) is 0.500. The Morgan fingerprint density at radius 2 is 1.30 bits per heavy atom. The van der Waals surface area contributed by atoms with Crippen molar-refractivity contribution in [3.8, 4) is 0 Å². The minimum Gasteiger partial charge on any atom is -0.759 e. The van der Waals surface area contributed by atoms with E-state index in [0.717, 1.165) is 6.92 Å². The smallest absolute Gasteiger partial charge is 0.759 e. The SMILES string of the molecule is CC(=O)[O-].O=S(=O)([O-])[O-].[In+3]. The molecule has 0 N–H and O–H groups in total. The van der Waals surface area contributed by atoms with Crippen molar-refractivity contribution >= 4 is 42.2 Å². The zero-order chi connectivity index (χ0) is 8.08. The average Bonchev–Trinajstić information content (AvgIpc) is 1.19. The number of carbonyl (C=O) groups is 1. The van der Waals surface area contributed by atoms with E-state index in [1.807, 2.05) is 0 Å². The molecule has 0 aromatic carbocycles. The zero-order valence-corrected chi connectivity index (χ0v) is 9.05. The Morgan fingerprint density at radius 1 is 1.30 bits per heavy atom. The van der Waals surface area contributed by atoms with Gasteiger partial charge in [0.1, 0.15) is 0 Å². The number of carboxylic acids is 1. The van der Waals surface area contributed by atoms with Crippen LogP contribution in [0, 0.1) is 0 Å². The van der Waals surface area contributed by atoms with Crippen LogP contribution in [0.2, 0.25) is 0 Å². The molecule has 0 bridgehead atoms. The summed E-state index contributed by atoms with van der Waals surface area (Å²) in [5.41, 5.74) is 0. The van der Waals surface area contributed by atoms with Crippen LogP contribution < -0.4 is 5.11 Å². The molecular weight excluding hydrogens is 267 g/mol. The van der Waals surface area contributed by atoms with Gasteiger partial charge in [0, 0.05) is 16.4 Å². The normalized spacial score (nSPS) is 8.30. The molecule has 0 amide bonds. The Morgan fingerprint density at radius 3 is 1.30 bits per heavy atom. The fourth-order valence-electron chi connectivity index (χ4n) is 0. The maximum Gasteiger partial charge on any atom is 3.00 e. The summed E-state index contributed by atoms with van der Waals surface area (Å²) in [6, 6.07) is 0. The van der Waals surface area contributed by atoms with E-state index in [4.69, 9.17) is 27.4 Å². The molecule has 0 unspecified atom stereocenters. The number of carboxylic acid groups (broad SMARTS) is 1. The molecule has 0 saturated heterocycles. The molecule has 0 aliphatic carbocycles. The number of aliphatic carboxylic acids is 1. The average molecular weight is 270 g/mol. The number of hydrogen-bond donors (Lipinski definition) is 0. The van der Waals surface area contributed by atoms with E-state index in [1.54, 1.807) is 0 Å². The second-order valence-corrected chi connectivity index (χ2v) is 1.72. The summed E-state index contributed by atoms with van der Waals surface area (Å²) in [5, 5.41) is 8.89. The Hall–Kier alpha value is 0.210. The van der Waals surface area contributed by atoms with Gasteiger partial charge in [-0.25, -0.2) is 0 Å². The quantitative estimate of drug-likeness (QED) is 0.342.